The van der Waals surface area contributed by atoms with Gasteiger partial charge in [0.25, 0.3) is 10.1 Å². The molecule has 0 aliphatic carbocycles. The molecule has 0 radical (unpaired) electrons. The van der Waals surface area contributed by atoms with Gasteiger partial charge in [0.1, 0.15) is 0 Å². The Bertz CT molecular complexity index is 173. The van der Waals surface area contributed by atoms with Crippen molar-refractivity contribution in [3.8, 4) is 0 Å². The Balaban J connectivity index is 3.39. The van der Waals surface area contributed by atoms with Gasteiger partial charge in [-0.3, -0.25) is 4.55 Å². The van der Waals surface area contributed by atoms with E-state index < -0.39 is 10.1 Å². The van der Waals surface area contributed by atoms with Crippen LogP contribution in [0, 0.1) is 0 Å². The molecular weight excluding hydrogens is 154 g/mol. The lowest BCUT2D eigenvalue weighted by Gasteiger charge is -2.04. The summed E-state index contributed by atoms with van der Waals surface area (Å²) >= 11 is 0. The van der Waals surface area contributed by atoms with E-state index in [1.54, 1.807) is 0 Å². The van der Waals surface area contributed by atoms with E-state index >= 15 is 0 Å². The fraction of sp³-hybridized carbons (Fsp3) is 1.00. The van der Waals surface area contributed by atoms with Crippen LogP contribution in [0.2, 0.25) is 0 Å². The van der Waals surface area contributed by atoms with Crippen LogP contribution < -0.4 is 4.90 Å². The van der Waals surface area contributed by atoms with Crippen molar-refractivity contribution in [1.29, 1.82) is 0 Å². The molecule has 0 aromatic heterocycles. The SMILES string of the molecule is C[NH+](C)CCCS(=O)(=O)O. The fourth-order valence-corrected chi connectivity index (χ4v) is 1.12. The molecule has 0 unspecified atom stereocenters. The van der Waals surface area contributed by atoms with Gasteiger partial charge in [-0.05, 0) is 0 Å². The van der Waals surface area contributed by atoms with Gasteiger partial charge in [0, 0.05) is 6.42 Å². The van der Waals surface area contributed by atoms with Crippen molar-refractivity contribution in [2.45, 2.75) is 6.42 Å². The van der Waals surface area contributed by atoms with E-state index in [1.165, 1.54) is 4.90 Å². The Labute approximate surface area is 61.6 Å². The molecular formula is C5H14NO3S+. The van der Waals surface area contributed by atoms with Gasteiger partial charge in [-0.1, -0.05) is 0 Å². The zero-order valence-corrected chi connectivity index (χ0v) is 7.11. The quantitative estimate of drug-likeness (QED) is 0.498. The van der Waals surface area contributed by atoms with Gasteiger partial charge in [0.05, 0.1) is 26.4 Å². The first-order valence-corrected chi connectivity index (χ1v) is 4.77. The minimum Gasteiger partial charge on any atom is -0.340 e. The lowest BCUT2D eigenvalue weighted by molar-refractivity contribution is -0.858. The van der Waals surface area contributed by atoms with Crippen molar-refractivity contribution in [2.75, 3.05) is 26.4 Å². The molecule has 10 heavy (non-hydrogen) atoms. The number of rotatable bonds is 4. The minimum absolute atomic E-state index is 0.127. The van der Waals surface area contributed by atoms with Gasteiger partial charge in [-0.2, -0.15) is 8.42 Å². The highest BCUT2D eigenvalue weighted by molar-refractivity contribution is 7.85. The molecule has 0 saturated carbocycles. The summed E-state index contributed by atoms with van der Waals surface area (Å²) in [5, 5.41) is 0. The molecule has 0 aliphatic rings. The second-order valence-corrected chi connectivity index (χ2v) is 4.17. The number of nitrogens with one attached hydrogen (secondary N) is 1. The van der Waals surface area contributed by atoms with E-state index in [2.05, 4.69) is 0 Å². The van der Waals surface area contributed by atoms with E-state index in [9.17, 15) is 8.42 Å². The van der Waals surface area contributed by atoms with Crippen molar-refractivity contribution in [1.82, 2.24) is 0 Å². The van der Waals surface area contributed by atoms with E-state index in [0.29, 0.717) is 6.42 Å². The van der Waals surface area contributed by atoms with Gasteiger partial charge in [0.2, 0.25) is 0 Å². The zero-order chi connectivity index (χ0) is 8.20. The normalized spacial score (nSPS) is 12.4. The average molecular weight is 168 g/mol. The Morgan fingerprint density at radius 2 is 1.90 bits per heavy atom. The number of quaternary nitrogens is 1. The monoisotopic (exact) mass is 168 g/mol. The average Bonchev–Trinajstić information content (AvgIpc) is 1.59. The summed E-state index contributed by atoms with van der Waals surface area (Å²) in [6, 6.07) is 0. The molecule has 0 atom stereocenters. The third-order valence-electron chi connectivity index (χ3n) is 1.08. The van der Waals surface area contributed by atoms with Crippen molar-refractivity contribution < 1.29 is 17.9 Å². The molecule has 0 aromatic carbocycles. The first kappa shape index (κ1) is 9.87. The fourth-order valence-electron chi connectivity index (χ4n) is 0.608. The van der Waals surface area contributed by atoms with Crippen molar-refractivity contribution >= 4 is 10.1 Å². The minimum atomic E-state index is -3.73. The predicted molar refractivity (Wildman–Crippen MR) is 38.7 cm³/mol. The van der Waals surface area contributed by atoms with Crippen LogP contribution in [0.5, 0.6) is 0 Å². The van der Waals surface area contributed by atoms with Crippen LogP contribution in [0.1, 0.15) is 6.42 Å². The summed E-state index contributed by atoms with van der Waals surface area (Å²) in [5.74, 6) is -0.127. The molecule has 0 heterocycles. The van der Waals surface area contributed by atoms with E-state index in [4.69, 9.17) is 4.55 Å². The van der Waals surface area contributed by atoms with Crippen molar-refractivity contribution in [3.63, 3.8) is 0 Å². The molecule has 0 rings (SSSR count). The topological polar surface area (TPSA) is 58.8 Å². The van der Waals surface area contributed by atoms with Crippen molar-refractivity contribution in [3.05, 3.63) is 0 Å². The molecule has 0 amide bonds. The Kier molecular flexibility index (Phi) is 3.85. The molecule has 0 aromatic rings. The Morgan fingerprint density at radius 1 is 1.40 bits per heavy atom. The molecule has 0 aliphatic heterocycles. The molecule has 5 heteroatoms. The zero-order valence-electron chi connectivity index (χ0n) is 6.29. The smallest absolute Gasteiger partial charge is 0.265 e. The summed E-state index contributed by atoms with van der Waals surface area (Å²) in [6.45, 7) is 0.764. The molecule has 0 spiro atoms. The van der Waals surface area contributed by atoms with Crippen LogP contribution in [0.25, 0.3) is 0 Å². The van der Waals surface area contributed by atoms with Crippen LogP contribution in [0.3, 0.4) is 0 Å². The summed E-state index contributed by atoms with van der Waals surface area (Å²) in [6.07, 6.45) is 0.515. The van der Waals surface area contributed by atoms with E-state index in [1.807, 2.05) is 14.1 Å². The first-order chi connectivity index (χ1) is 4.42. The second kappa shape index (κ2) is 3.90. The largest absolute Gasteiger partial charge is 0.340 e. The van der Waals surface area contributed by atoms with Gasteiger partial charge >= 0.3 is 0 Å². The lowest BCUT2D eigenvalue weighted by Crippen LogP contribution is -3.05. The highest BCUT2D eigenvalue weighted by Crippen LogP contribution is 1.83. The maximum Gasteiger partial charge on any atom is 0.265 e. The molecule has 4 nitrogen and oxygen atoms in total. The highest BCUT2D eigenvalue weighted by Gasteiger charge is 2.04. The molecule has 0 bridgehead atoms. The van der Waals surface area contributed by atoms with Crippen LogP contribution in [0.15, 0.2) is 0 Å². The summed E-state index contributed by atoms with van der Waals surface area (Å²) in [4.78, 5) is 1.18. The van der Waals surface area contributed by atoms with Crippen LogP contribution in [0.4, 0.5) is 0 Å². The van der Waals surface area contributed by atoms with Gasteiger partial charge < -0.3 is 4.90 Å². The van der Waals surface area contributed by atoms with Gasteiger partial charge in [-0.25, -0.2) is 0 Å². The third kappa shape index (κ3) is 7.87. The second-order valence-electron chi connectivity index (χ2n) is 2.60. The maximum absolute atomic E-state index is 10.2. The molecule has 0 fully saturated rings. The molecule has 62 valence electrons. The predicted octanol–water partition coefficient (Wildman–Crippen LogP) is -1.59. The number of hydrogen-bond acceptors (Lipinski definition) is 2. The highest BCUT2D eigenvalue weighted by atomic mass is 32.2. The third-order valence-corrected chi connectivity index (χ3v) is 1.88. The summed E-state index contributed by atoms with van der Waals surface area (Å²) in [7, 11) is 0.136. The van der Waals surface area contributed by atoms with Crippen molar-refractivity contribution in [2.24, 2.45) is 0 Å². The van der Waals surface area contributed by atoms with Gasteiger partial charge in [0.15, 0.2) is 0 Å². The summed E-state index contributed by atoms with van der Waals surface area (Å²) in [5.41, 5.74) is 0. The Morgan fingerprint density at radius 3 is 2.20 bits per heavy atom. The first-order valence-electron chi connectivity index (χ1n) is 3.16. The molecule has 0 saturated heterocycles. The summed E-state index contributed by atoms with van der Waals surface area (Å²) < 4.78 is 28.6. The molecule has 2 N–H and O–H groups in total. The van der Waals surface area contributed by atoms with E-state index in [0.717, 1.165) is 6.54 Å². The van der Waals surface area contributed by atoms with Gasteiger partial charge in [-0.15, -0.1) is 0 Å². The maximum atomic E-state index is 10.2. The van der Waals surface area contributed by atoms with Crippen LogP contribution >= 0.6 is 0 Å². The number of hydrogen-bond donors (Lipinski definition) is 2. The van der Waals surface area contributed by atoms with Crippen LogP contribution in [-0.2, 0) is 10.1 Å². The standard InChI is InChI=1S/C5H13NO3S/c1-6(2)4-3-5-10(7,8)9/h3-5H2,1-2H3,(H,7,8,9)/p+1. The van der Waals surface area contributed by atoms with Crippen LogP contribution in [-0.4, -0.2) is 39.4 Å². The lowest BCUT2D eigenvalue weighted by atomic mass is 10.5. The van der Waals surface area contributed by atoms with E-state index in [-0.39, 0.29) is 5.75 Å². The Hall–Kier alpha value is -0.130.